The van der Waals surface area contributed by atoms with Gasteiger partial charge in [-0.3, -0.25) is 14.5 Å². The van der Waals surface area contributed by atoms with Gasteiger partial charge in [0.1, 0.15) is 12.4 Å². The molecule has 0 unspecified atom stereocenters. The first-order valence-electron chi connectivity index (χ1n) is 12.7. The number of benzene rings is 2. The maximum absolute atomic E-state index is 12.6. The second-order valence-corrected chi connectivity index (χ2v) is 12.8. The van der Waals surface area contributed by atoms with Crippen LogP contribution in [0.3, 0.4) is 0 Å². The second kappa shape index (κ2) is 12.0. The third kappa shape index (κ3) is 8.95. The number of rotatable bonds is 9. The van der Waals surface area contributed by atoms with E-state index >= 15 is 0 Å². The molecule has 2 aromatic carbocycles. The van der Waals surface area contributed by atoms with Crippen LogP contribution < -0.4 is 14.8 Å². The number of alkyl carbamates (subject to hydrolysis) is 1. The van der Waals surface area contributed by atoms with Gasteiger partial charge in [0, 0.05) is 22.2 Å². The van der Waals surface area contributed by atoms with E-state index in [1.807, 2.05) is 56.7 Å². The van der Waals surface area contributed by atoms with Gasteiger partial charge in [0.25, 0.3) is 5.91 Å². The lowest BCUT2D eigenvalue weighted by atomic mass is 9.91. The summed E-state index contributed by atoms with van der Waals surface area (Å²) in [6.07, 6.45) is 1.06. The zero-order chi connectivity index (χ0) is 29.0. The van der Waals surface area contributed by atoms with E-state index in [-0.39, 0.29) is 6.61 Å². The molecule has 1 aromatic heterocycles. The van der Waals surface area contributed by atoms with Crippen molar-refractivity contribution in [1.82, 2.24) is 15.0 Å². The number of aryl methyl sites for hydroxylation is 1. The molecule has 2 N–H and O–H groups in total. The molecule has 39 heavy (non-hydrogen) atoms. The average molecular weight is 556 g/mol. The molecule has 0 radical (unpaired) electrons. The van der Waals surface area contributed by atoms with Crippen molar-refractivity contribution in [3.63, 3.8) is 0 Å². The average Bonchev–Trinajstić information content (AvgIpc) is 2.79. The van der Waals surface area contributed by atoms with Crippen molar-refractivity contribution in [3.8, 4) is 16.9 Å². The lowest BCUT2D eigenvalue weighted by Crippen LogP contribution is -2.40. The quantitative estimate of drug-likeness (QED) is 0.385. The predicted molar refractivity (Wildman–Crippen MR) is 152 cm³/mol. The maximum atomic E-state index is 12.6. The van der Waals surface area contributed by atoms with Crippen LogP contribution in [0, 0.1) is 12.8 Å². The number of amides is 2. The highest BCUT2D eigenvalue weighted by molar-refractivity contribution is 7.89. The first-order valence-corrected chi connectivity index (χ1v) is 14.6. The van der Waals surface area contributed by atoms with Crippen LogP contribution in [0.25, 0.3) is 22.0 Å². The molecule has 10 heteroatoms. The summed E-state index contributed by atoms with van der Waals surface area (Å²) in [5.74, 6) is -0.102. The summed E-state index contributed by atoms with van der Waals surface area (Å²) in [6, 6.07) is 13.3. The van der Waals surface area contributed by atoms with Crippen LogP contribution in [0.5, 0.6) is 5.75 Å². The molecular formula is C29H37N3O6S. The number of nitrogens with one attached hydrogen (secondary N) is 2. The number of hydrogen-bond donors (Lipinski definition) is 2. The summed E-state index contributed by atoms with van der Waals surface area (Å²) < 4.78 is 35.9. The Morgan fingerprint density at radius 3 is 2.31 bits per heavy atom. The van der Waals surface area contributed by atoms with E-state index < -0.39 is 34.2 Å². The van der Waals surface area contributed by atoms with E-state index in [0.29, 0.717) is 18.1 Å². The van der Waals surface area contributed by atoms with Crippen molar-refractivity contribution in [3.05, 3.63) is 59.3 Å². The van der Waals surface area contributed by atoms with E-state index in [2.05, 4.69) is 19.2 Å². The minimum absolute atomic E-state index is 0.0119. The molecule has 0 fully saturated rings. The number of aromatic nitrogens is 1. The number of pyridine rings is 1. The van der Waals surface area contributed by atoms with Crippen LogP contribution in [0.1, 0.15) is 51.4 Å². The van der Waals surface area contributed by atoms with Crippen LogP contribution in [0.15, 0.2) is 42.5 Å². The van der Waals surface area contributed by atoms with Gasteiger partial charge in [-0.1, -0.05) is 43.7 Å². The van der Waals surface area contributed by atoms with Crippen LogP contribution >= 0.6 is 0 Å². The zero-order valence-electron chi connectivity index (χ0n) is 23.5. The number of nitrogens with zero attached hydrogens (tertiary/aromatic N) is 1. The summed E-state index contributed by atoms with van der Waals surface area (Å²) >= 11 is 0. The molecule has 0 bridgehead atoms. The summed E-state index contributed by atoms with van der Waals surface area (Å²) in [4.78, 5) is 29.5. The van der Waals surface area contributed by atoms with Gasteiger partial charge in [-0.05, 0) is 69.4 Å². The molecule has 2 amide bonds. The summed E-state index contributed by atoms with van der Waals surface area (Å²) in [6.45, 7) is 11.4. The molecule has 0 saturated heterocycles. The topological polar surface area (TPSA) is 124 Å². The molecular weight excluding hydrogens is 518 g/mol. The number of carbonyl (C=O) groups excluding carboxylic acids is 2. The molecule has 3 rings (SSSR count). The third-order valence-electron chi connectivity index (χ3n) is 5.58. The standard InChI is InChI=1S/C29H37N3O6S/c1-18(2)14-25-23(16-38-28(34)31-29(4,5)6)27(20-10-8-19(3)9-11-20)22-15-21(12-13-24(22)30-25)37-17-26(33)32-39(7,35)36/h8-13,15,18H,14,16-17H2,1-7H3,(H,31,34)(H,32,33). The van der Waals surface area contributed by atoms with Crippen molar-refractivity contribution in [2.24, 2.45) is 5.92 Å². The van der Waals surface area contributed by atoms with Crippen LogP contribution in [0.2, 0.25) is 0 Å². The Balaban J connectivity index is 2.13. The Kier molecular flexibility index (Phi) is 9.22. The number of hydrogen-bond acceptors (Lipinski definition) is 7. The van der Waals surface area contributed by atoms with E-state index in [1.54, 1.807) is 18.2 Å². The Morgan fingerprint density at radius 2 is 1.72 bits per heavy atom. The lowest BCUT2D eigenvalue weighted by Gasteiger charge is -2.22. The predicted octanol–water partition coefficient (Wildman–Crippen LogP) is 4.89. The van der Waals surface area contributed by atoms with Crippen molar-refractivity contribution < 1.29 is 27.5 Å². The molecule has 1 heterocycles. The molecule has 0 saturated carbocycles. The van der Waals surface area contributed by atoms with Gasteiger partial charge in [-0.15, -0.1) is 0 Å². The first-order chi connectivity index (χ1) is 18.1. The van der Waals surface area contributed by atoms with Crippen LogP contribution in [0.4, 0.5) is 4.79 Å². The Labute approximate surface area is 230 Å². The van der Waals surface area contributed by atoms with E-state index in [1.165, 1.54) is 0 Å². The normalized spacial score (nSPS) is 11.9. The van der Waals surface area contributed by atoms with E-state index in [4.69, 9.17) is 14.5 Å². The fourth-order valence-corrected chi connectivity index (χ4v) is 4.52. The maximum Gasteiger partial charge on any atom is 0.407 e. The number of ether oxygens (including phenoxy) is 2. The van der Waals surface area contributed by atoms with E-state index in [9.17, 15) is 18.0 Å². The van der Waals surface area contributed by atoms with Crippen molar-refractivity contribution in [2.45, 2.75) is 60.1 Å². The minimum Gasteiger partial charge on any atom is -0.484 e. The number of carbonyl (C=O) groups is 2. The van der Waals surface area contributed by atoms with Gasteiger partial charge in [-0.2, -0.15) is 0 Å². The van der Waals surface area contributed by atoms with Gasteiger partial charge in [0.05, 0.1) is 11.8 Å². The Bertz CT molecular complexity index is 1460. The highest BCUT2D eigenvalue weighted by Crippen LogP contribution is 2.36. The summed E-state index contributed by atoms with van der Waals surface area (Å²) in [5, 5.41) is 3.58. The van der Waals surface area contributed by atoms with Crippen LogP contribution in [-0.2, 0) is 32.6 Å². The number of fused-ring (bicyclic) bond motifs is 1. The van der Waals surface area contributed by atoms with Crippen molar-refractivity contribution in [2.75, 3.05) is 12.9 Å². The molecule has 0 atom stereocenters. The molecule has 210 valence electrons. The molecule has 0 spiro atoms. The van der Waals surface area contributed by atoms with Gasteiger partial charge in [-0.25, -0.2) is 13.2 Å². The number of sulfonamides is 1. The SMILES string of the molecule is Cc1ccc(-c2c(COC(=O)NC(C)(C)C)c(CC(C)C)nc3ccc(OCC(=O)NS(C)(=O)=O)cc23)cc1. The highest BCUT2D eigenvalue weighted by Gasteiger charge is 2.21. The largest absolute Gasteiger partial charge is 0.484 e. The summed E-state index contributed by atoms with van der Waals surface area (Å²) in [7, 11) is -3.69. The third-order valence-corrected chi connectivity index (χ3v) is 6.18. The smallest absolute Gasteiger partial charge is 0.407 e. The van der Waals surface area contributed by atoms with Crippen LogP contribution in [-0.4, -0.2) is 43.8 Å². The summed E-state index contributed by atoms with van der Waals surface area (Å²) in [5.41, 5.74) is 4.76. The van der Waals surface area contributed by atoms with Gasteiger partial charge >= 0.3 is 6.09 Å². The molecule has 3 aromatic rings. The molecule has 0 aliphatic rings. The first kappa shape index (κ1) is 29.9. The fraction of sp³-hybridized carbons (Fsp3) is 0.414. The van der Waals surface area contributed by atoms with Gasteiger partial charge in [0.2, 0.25) is 10.0 Å². The zero-order valence-corrected chi connectivity index (χ0v) is 24.4. The Hall–Kier alpha value is -3.66. The lowest BCUT2D eigenvalue weighted by molar-refractivity contribution is -0.121. The van der Waals surface area contributed by atoms with Gasteiger partial charge in [0.15, 0.2) is 6.61 Å². The fourth-order valence-electron chi connectivity index (χ4n) is 4.05. The Morgan fingerprint density at radius 1 is 1.05 bits per heavy atom. The molecule has 9 nitrogen and oxygen atoms in total. The van der Waals surface area contributed by atoms with Crippen molar-refractivity contribution in [1.29, 1.82) is 0 Å². The molecule has 0 aliphatic heterocycles. The second-order valence-electron chi connectivity index (χ2n) is 11.1. The molecule has 0 aliphatic carbocycles. The van der Waals surface area contributed by atoms with E-state index in [0.717, 1.165) is 45.1 Å². The van der Waals surface area contributed by atoms with Gasteiger partial charge < -0.3 is 14.8 Å². The monoisotopic (exact) mass is 555 g/mol. The highest BCUT2D eigenvalue weighted by atomic mass is 32.2. The van der Waals surface area contributed by atoms with Crippen molar-refractivity contribution >= 4 is 32.9 Å². The minimum atomic E-state index is -3.69.